The number of hydrogen-bond donors (Lipinski definition) is 0. The molecule has 0 unspecified atom stereocenters. The summed E-state index contributed by atoms with van der Waals surface area (Å²) < 4.78 is 4.92. The predicted octanol–water partition coefficient (Wildman–Crippen LogP) is 2.05. The summed E-state index contributed by atoms with van der Waals surface area (Å²) in [5.41, 5.74) is 1.03. The van der Waals surface area contributed by atoms with Gasteiger partial charge in [0.1, 0.15) is 0 Å². The second-order valence-corrected chi connectivity index (χ2v) is 2.71. The molecule has 0 N–H and O–H groups in total. The molecule has 0 amide bonds. The number of methoxy groups -OCH3 is 1. The van der Waals surface area contributed by atoms with E-state index in [1.165, 1.54) is 0 Å². The quantitative estimate of drug-likeness (QED) is 0.615. The van der Waals surface area contributed by atoms with E-state index in [0.29, 0.717) is 5.17 Å². The molecule has 2 nitrogen and oxygen atoms in total. The molecule has 0 radical (unpaired) electrons. The molecule has 0 fully saturated rings. The van der Waals surface area contributed by atoms with E-state index in [0.717, 1.165) is 5.69 Å². The van der Waals surface area contributed by atoms with Crippen LogP contribution in [0.4, 0.5) is 5.69 Å². The summed E-state index contributed by atoms with van der Waals surface area (Å²) >= 11 is 4.96. The number of ether oxygens (including phenoxy) is 1. The molecule has 64 valence electrons. The summed E-state index contributed by atoms with van der Waals surface area (Å²) in [5.74, 6) is 0. The third kappa shape index (κ3) is 1.95. The summed E-state index contributed by atoms with van der Waals surface area (Å²) in [7, 11) is 3.45. The van der Waals surface area contributed by atoms with E-state index >= 15 is 0 Å². The van der Waals surface area contributed by atoms with Crippen molar-refractivity contribution in [3.63, 3.8) is 0 Å². The summed E-state index contributed by atoms with van der Waals surface area (Å²) in [5, 5.41) is 0.473. The fraction of sp³-hybridized carbons (Fsp3) is 0.222. The molecular formula is C9H11NOS. The van der Waals surface area contributed by atoms with Gasteiger partial charge in [-0.3, -0.25) is 0 Å². The molecule has 1 rings (SSSR count). The van der Waals surface area contributed by atoms with Crippen LogP contribution < -0.4 is 4.90 Å². The van der Waals surface area contributed by atoms with Gasteiger partial charge in [-0.2, -0.15) is 0 Å². The Hall–Kier alpha value is -1.09. The van der Waals surface area contributed by atoms with Crippen LogP contribution in [0.5, 0.6) is 0 Å². The van der Waals surface area contributed by atoms with Crippen LogP contribution in [0, 0.1) is 0 Å². The summed E-state index contributed by atoms with van der Waals surface area (Å²) in [6, 6.07) is 9.85. The highest BCUT2D eigenvalue weighted by molar-refractivity contribution is 7.80. The zero-order valence-electron chi connectivity index (χ0n) is 7.15. The molecule has 0 saturated heterocycles. The lowest BCUT2D eigenvalue weighted by Gasteiger charge is -2.17. The van der Waals surface area contributed by atoms with Crippen LogP contribution >= 0.6 is 12.2 Å². The second-order valence-electron chi connectivity index (χ2n) is 2.36. The van der Waals surface area contributed by atoms with Crippen molar-refractivity contribution in [2.75, 3.05) is 19.1 Å². The topological polar surface area (TPSA) is 12.5 Å². The van der Waals surface area contributed by atoms with E-state index in [1.54, 1.807) is 7.11 Å². The third-order valence-electron chi connectivity index (χ3n) is 1.59. The molecule has 1 aromatic carbocycles. The summed E-state index contributed by atoms with van der Waals surface area (Å²) in [4.78, 5) is 1.81. The zero-order valence-corrected chi connectivity index (χ0v) is 7.97. The van der Waals surface area contributed by atoms with Crippen molar-refractivity contribution in [1.29, 1.82) is 0 Å². The standard InChI is InChI=1S/C9H11NOS/c1-10(9(12)11-2)8-6-4-3-5-7-8/h3-7H,1-2H3. The van der Waals surface area contributed by atoms with Crippen LogP contribution in [0.1, 0.15) is 0 Å². The molecule has 0 saturated carbocycles. The molecule has 0 aliphatic rings. The maximum absolute atomic E-state index is 4.96. The van der Waals surface area contributed by atoms with E-state index in [2.05, 4.69) is 0 Å². The minimum absolute atomic E-state index is 0.473. The zero-order chi connectivity index (χ0) is 8.97. The van der Waals surface area contributed by atoms with Crippen molar-refractivity contribution < 1.29 is 4.74 Å². The number of anilines is 1. The Morgan fingerprint density at radius 2 is 1.92 bits per heavy atom. The Morgan fingerprint density at radius 1 is 1.33 bits per heavy atom. The van der Waals surface area contributed by atoms with Gasteiger partial charge in [0, 0.05) is 12.7 Å². The first-order valence-corrected chi connectivity index (χ1v) is 4.03. The number of nitrogens with zero attached hydrogens (tertiary/aromatic N) is 1. The predicted molar refractivity (Wildman–Crippen MR) is 54.5 cm³/mol. The van der Waals surface area contributed by atoms with Crippen LogP contribution in [-0.4, -0.2) is 19.3 Å². The van der Waals surface area contributed by atoms with Gasteiger partial charge in [0.15, 0.2) is 0 Å². The van der Waals surface area contributed by atoms with Gasteiger partial charge in [-0.25, -0.2) is 0 Å². The Kier molecular flexibility index (Phi) is 3.05. The van der Waals surface area contributed by atoms with Gasteiger partial charge in [-0.15, -0.1) is 0 Å². The van der Waals surface area contributed by atoms with Crippen molar-refractivity contribution in [1.82, 2.24) is 0 Å². The van der Waals surface area contributed by atoms with Gasteiger partial charge in [0.25, 0.3) is 5.17 Å². The molecule has 0 aliphatic carbocycles. The third-order valence-corrected chi connectivity index (χ3v) is 2.03. The van der Waals surface area contributed by atoms with Crippen LogP contribution in [0.25, 0.3) is 0 Å². The highest BCUT2D eigenvalue weighted by Crippen LogP contribution is 2.11. The smallest absolute Gasteiger partial charge is 0.263 e. The molecule has 0 heterocycles. The lowest BCUT2D eigenvalue weighted by Crippen LogP contribution is -2.25. The van der Waals surface area contributed by atoms with E-state index < -0.39 is 0 Å². The van der Waals surface area contributed by atoms with Crippen molar-refractivity contribution in [2.24, 2.45) is 0 Å². The van der Waals surface area contributed by atoms with Crippen molar-refractivity contribution in [3.8, 4) is 0 Å². The molecule has 0 spiro atoms. The SMILES string of the molecule is COC(=S)N(C)c1ccccc1. The van der Waals surface area contributed by atoms with Gasteiger partial charge in [0.2, 0.25) is 0 Å². The lowest BCUT2D eigenvalue weighted by molar-refractivity contribution is 0.405. The minimum Gasteiger partial charge on any atom is -0.474 e. The average molecular weight is 181 g/mol. The second kappa shape index (κ2) is 4.07. The Labute approximate surface area is 77.8 Å². The normalized spacial score (nSPS) is 9.17. The van der Waals surface area contributed by atoms with Gasteiger partial charge < -0.3 is 9.64 Å². The Bertz CT molecular complexity index is 260. The summed E-state index contributed by atoms with van der Waals surface area (Å²) in [6.45, 7) is 0. The van der Waals surface area contributed by atoms with Gasteiger partial charge >= 0.3 is 0 Å². The maximum Gasteiger partial charge on any atom is 0.263 e. The summed E-state index contributed by atoms with van der Waals surface area (Å²) in [6.07, 6.45) is 0. The van der Waals surface area contributed by atoms with Gasteiger partial charge in [0.05, 0.1) is 7.11 Å². The number of rotatable bonds is 1. The molecule has 12 heavy (non-hydrogen) atoms. The minimum atomic E-state index is 0.473. The van der Waals surface area contributed by atoms with Crippen LogP contribution in [0.15, 0.2) is 30.3 Å². The maximum atomic E-state index is 4.96. The molecule has 1 aromatic rings. The average Bonchev–Trinajstić information content (AvgIpc) is 2.17. The first-order chi connectivity index (χ1) is 5.75. The van der Waals surface area contributed by atoms with E-state index in [-0.39, 0.29) is 0 Å². The first-order valence-electron chi connectivity index (χ1n) is 3.62. The Balaban J connectivity index is 2.78. The highest BCUT2D eigenvalue weighted by Gasteiger charge is 2.04. The number of hydrogen-bond acceptors (Lipinski definition) is 2. The molecule has 0 aliphatic heterocycles. The number of benzene rings is 1. The first kappa shape index (κ1) is 9.00. The fourth-order valence-corrected chi connectivity index (χ4v) is 0.999. The van der Waals surface area contributed by atoms with E-state index in [4.69, 9.17) is 17.0 Å². The number of para-hydroxylation sites is 1. The van der Waals surface area contributed by atoms with Gasteiger partial charge in [-0.1, -0.05) is 18.2 Å². The van der Waals surface area contributed by atoms with Gasteiger partial charge in [-0.05, 0) is 24.4 Å². The number of thiocarbonyl (C=S) groups is 1. The van der Waals surface area contributed by atoms with Crippen LogP contribution in [0.2, 0.25) is 0 Å². The fourth-order valence-electron chi connectivity index (χ4n) is 0.894. The Morgan fingerprint density at radius 3 is 2.42 bits per heavy atom. The molecule has 0 atom stereocenters. The van der Waals surface area contributed by atoms with Crippen LogP contribution in [-0.2, 0) is 4.74 Å². The molecule has 0 bridgehead atoms. The lowest BCUT2D eigenvalue weighted by atomic mass is 10.3. The van der Waals surface area contributed by atoms with Crippen molar-refractivity contribution in [3.05, 3.63) is 30.3 Å². The molecule has 3 heteroatoms. The molecule has 0 aromatic heterocycles. The van der Waals surface area contributed by atoms with E-state index in [9.17, 15) is 0 Å². The highest BCUT2D eigenvalue weighted by atomic mass is 32.1. The van der Waals surface area contributed by atoms with Crippen molar-refractivity contribution >= 4 is 23.1 Å². The largest absolute Gasteiger partial charge is 0.474 e. The monoisotopic (exact) mass is 181 g/mol. The van der Waals surface area contributed by atoms with E-state index in [1.807, 2.05) is 42.3 Å². The van der Waals surface area contributed by atoms with Crippen LogP contribution in [0.3, 0.4) is 0 Å². The molecular weight excluding hydrogens is 170 g/mol. The van der Waals surface area contributed by atoms with Crippen molar-refractivity contribution in [2.45, 2.75) is 0 Å².